The van der Waals surface area contributed by atoms with Crippen LogP contribution in [0.15, 0.2) is 24.3 Å². The number of hydrogen-bond acceptors (Lipinski definition) is 3. The highest BCUT2D eigenvalue weighted by Crippen LogP contribution is 2.22. The second-order valence-corrected chi connectivity index (χ2v) is 3.77. The molecule has 0 aliphatic carbocycles. The minimum atomic E-state index is -4.31. The van der Waals surface area contributed by atoms with Crippen molar-refractivity contribution in [1.29, 1.82) is 0 Å². The molecule has 1 saturated heterocycles. The standard InChI is InChI=1S/C11H12F3NO2/c12-11(13,14)7-16-8-1-3-9(4-2-8)17-10-5-15-6-10/h1-4,10,15H,5-7H2. The Morgan fingerprint density at radius 1 is 1.12 bits per heavy atom. The molecule has 3 nitrogen and oxygen atoms in total. The molecule has 0 amide bonds. The Kier molecular flexibility index (Phi) is 3.42. The van der Waals surface area contributed by atoms with Gasteiger partial charge in [-0.2, -0.15) is 13.2 Å². The Morgan fingerprint density at radius 2 is 1.71 bits per heavy atom. The quantitative estimate of drug-likeness (QED) is 0.882. The van der Waals surface area contributed by atoms with Gasteiger partial charge in [0.05, 0.1) is 0 Å². The zero-order valence-electron chi connectivity index (χ0n) is 8.96. The normalized spacial score (nSPS) is 16.4. The van der Waals surface area contributed by atoms with Gasteiger partial charge in [0.15, 0.2) is 6.61 Å². The molecule has 1 N–H and O–H groups in total. The van der Waals surface area contributed by atoms with Crippen LogP contribution in [0.25, 0.3) is 0 Å². The highest BCUT2D eigenvalue weighted by atomic mass is 19.4. The van der Waals surface area contributed by atoms with E-state index < -0.39 is 12.8 Å². The minimum Gasteiger partial charge on any atom is -0.488 e. The molecule has 0 saturated carbocycles. The van der Waals surface area contributed by atoms with Crippen molar-refractivity contribution in [3.8, 4) is 11.5 Å². The van der Waals surface area contributed by atoms with Gasteiger partial charge in [0, 0.05) is 13.1 Å². The fourth-order valence-electron chi connectivity index (χ4n) is 1.32. The molecule has 1 fully saturated rings. The zero-order valence-corrected chi connectivity index (χ0v) is 8.96. The number of ether oxygens (including phenoxy) is 2. The number of hydrogen-bond donors (Lipinski definition) is 1. The summed E-state index contributed by atoms with van der Waals surface area (Å²) in [5, 5.41) is 3.06. The van der Waals surface area contributed by atoms with Gasteiger partial charge in [0.25, 0.3) is 0 Å². The van der Waals surface area contributed by atoms with Crippen LogP contribution in [0.1, 0.15) is 0 Å². The SMILES string of the molecule is FC(F)(F)COc1ccc(OC2CNC2)cc1. The van der Waals surface area contributed by atoms with Gasteiger partial charge in [-0.05, 0) is 24.3 Å². The van der Waals surface area contributed by atoms with Crippen molar-refractivity contribution in [3.63, 3.8) is 0 Å². The molecule has 1 aromatic carbocycles. The Morgan fingerprint density at radius 3 is 2.18 bits per heavy atom. The molecule has 0 bridgehead atoms. The molecule has 0 atom stereocenters. The summed E-state index contributed by atoms with van der Waals surface area (Å²) in [6.45, 7) is 0.318. The molecule has 0 radical (unpaired) electrons. The smallest absolute Gasteiger partial charge is 0.422 e. The first kappa shape index (κ1) is 12.0. The molecule has 6 heteroatoms. The van der Waals surface area contributed by atoms with Crippen LogP contribution in [0.4, 0.5) is 13.2 Å². The maximum atomic E-state index is 11.9. The molecule has 1 aliphatic heterocycles. The summed E-state index contributed by atoms with van der Waals surface area (Å²) in [5.41, 5.74) is 0. The van der Waals surface area contributed by atoms with Gasteiger partial charge in [0.2, 0.25) is 0 Å². The third-order valence-corrected chi connectivity index (χ3v) is 2.27. The second kappa shape index (κ2) is 4.83. The number of rotatable bonds is 4. The highest BCUT2D eigenvalue weighted by molar-refractivity contribution is 5.31. The maximum absolute atomic E-state index is 11.9. The summed E-state index contributed by atoms with van der Waals surface area (Å²) in [7, 11) is 0. The molecule has 94 valence electrons. The van der Waals surface area contributed by atoms with E-state index in [1.807, 2.05) is 0 Å². The Labute approximate surface area is 96.5 Å². The maximum Gasteiger partial charge on any atom is 0.422 e. The molecular weight excluding hydrogens is 235 g/mol. The minimum absolute atomic E-state index is 0.150. The van der Waals surface area contributed by atoms with E-state index in [-0.39, 0.29) is 11.9 Å². The van der Waals surface area contributed by atoms with Crippen molar-refractivity contribution in [1.82, 2.24) is 5.32 Å². The number of alkyl halides is 3. The number of nitrogens with one attached hydrogen (secondary N) is 1. The van der Waals surface area contributed by atoms with Crippen molar-refractivity contribution >= 4 is 0 Å². The van der Waals surface area contributed by atoms with Crippen molar-refractivity contribution in [2.45, 2.75) is 12.3 Å². The second-order valence-electron chi connectivity index (χ2n) is 3.77. The first-order valence-corrected chi connectivity index (χ1v) is 5.20. The van der Waals surface area contributed by atoms with Gasteiger partial charge in [-0.1, -0.05) is 0 Å². The fraction of sp³-hybridized carbons (Fsp3) is 0.455. The van der Waals surface area contributed by atoms with Crippen LogP contribution in [0.2, 0.25) is 0 Å². The Balaban J connectivity index is 1.84. The molecular formula is C11H12F3NO2. The van der Waals surface area contributed by atoms with E-state index in [2.05, 4.69) is 10.1 Å². The van der Waals surface area contributed by atoms with E-state index in [1.54, 1.807) is 12.1 Å². The van der Waals surface area contributed by atoms with E-state index in [0.29, 0.717) is 5.75 Å². The molecule has 1 aromatic rings. The first-order valence-electron chi connectivity index (χ1n) is 5.20. The molecule has 0 spiro atoms. The topological polar surface area (TPSA) is 30.5 Å². The number of halogens is 3. The van der Waals surface area contributed by atoms with Crippen LogP contribution < -0.4 is 14.8 Å². The summed E-state index contributed by atoms with van der Waals surface area (Å²) in [4.78, 5) is 0. The van der Waals surface area contributed by atoms with Gasteiger partial charge in [-0.15, -0.1) is 0 Å². The van der Waals surface area contributed by atoms with E-state index in [0.717, 1.165) is 13.1 Å². The Hall–Kier alpha value is -1.43. The van der Waals surface area contributed by atoms with E-state index in [9.17, 15) is 13.2 Å². The summed E-state index contributed by atoms with van der Waals surface area (Å²) >= 11 is 0. The predicted molar refractivity (Wildman–Crippen MR) is 55.3 cm³/mol. The van der Waals surface area contributed by atoms with Crippen LogP contribution in [-0.4, -0.2) is 32.0 Å². The van der Waals surface area contributed by atoms with Crippen molar-refractivity contribution in [2.75, 3.05) is 19.7 Å². The summed E-state index contributed by atoms with van der Waals surface area (Å²) in [5.74, 6) is 0.817. The van der Waals surface area contributed by atoms with E-state index in [4.69, 9.17) is 4.74 Å². The lowest BCUT2D eigenvalue weighted by Gasteiger charge is -2.27. The van der Waals surface area contributed by atoms with E-state index >= 15 is 0 Å². The van der Waals surface area contributed by atoms with E-state index in [1.165, 1.54) is 12.1 Å². The predicted octanol–water partition coefficient (Wildman–Crippen LogP) is 1.98. The number of benzene rings is 1. The van der Waals surface area contributed by atoms with Crippen LogP contribution in [0.5, 0.6) is 11.5 Å². The lowest BCUT2D eigenvalue weighted by atomic mass is 10.2. The lowest BCUT2D eigenvalue weighted by Crippen LogP contribution is -2.50. The van der Waals surface area contributed by atoms with Crippen molar-refractivity contribution in [3.05, 3.63) is 24.3 Å². The fourth-order valence-corrected chi connectivity index (χ4v) is 1.32. The van der Waals surface area contributed by atoms with Gasteiger partial charge in [-0.25, -0.2) is 0 Å². The average Bonchev–Trinajstić information content (AvgIpc) is 2.21. The molecule has 0 unspecified atom stereocenters. The monoisotopic (exact) mass is 247 g/mol. The summed E-state index contributed by atoms with van der Waals surface area (Å²) in [6, 6.07) is 6.13. The Bertz CT molecular complexity index is 360. The lowest BCUT2D eigenvalue weighted by molar-refractivity contribution is -0.153. The summed E-state index contributed by atoms with van der Waals surface area (Å²) < 4.78 is 45.8. The average molecular weight is 247 g/mol. The van der Waals surface area contributed by atoms with Gasteiger partial charge < -0.3 is 14.8 Å². The highest BCUT2D eigenvalue weighted by Gasteiger charge is 2.28. The largest absolute Gasteiger partial charge is 0.488 e. The molecule has 1 aliphatic rings. The molecule has 2 rings (SSSR count). The van der Waals surface area contributed by atoms with Crippen LogP contribution >= 0.6 is 0 Å². The van der Waals surface area contributed by atoms with Gasteiger partial charge >= 0.3 is 6.18 Å². The first-order chi connectivity index (χ1) is 8.03. The van der Waals surface area contributed by atoms with Crippen LogP contribution in [0.3, 0.4) is 0 Å². The third-order valence-electron chi connectivity index (χ3n) is 2.27. The molecule has 1 heterocycles. The third kappa shape index (κ3) is 3.81. The summed E-state index contributed by atoms with van der Waals surface area (Å²) in [6.07, 6.45) is -4.16. The zero-order chi connectivity index (χ0) is 12.3. The van der Waals surface area contributed by atoms with Crippen LogP contribution in [-0.2, 0) is 0 Å². The van der Waals surface area contributed by atoms with Crippen molar-refractivity contribution in [2.24, 2.45) is 0 Å². The molecule has 17 heavy (non-hydrogen) atoms. The van der Waals surface area contributed by atoms with Gasteiger partial charge in [-0.3, -0.25) is 0 Å². The van der Waals surface area contributed by atoms with Crippen molar-refractivity contribution < 1.29 is 22.6 Å². The molecule has 0 aromatic heterocycles. The van der Waals surface area contributed by atoms with Crippen LogP contribution in [0, 0.1) is 0 Å². The van der Waals surface area contributed by atoms with Gasteiger partial charge in [0.1, 0.15) is 17.6 Å².